The normalized spacial score (nSPS) is 16.4. The van der Waals surface area contributed by atoms with Gasteiger partial charge in [-0.2, -0.15) is 0 Å². The molecule has 0 aliphatic carbocycles. The van der Waals surface area contributed by atoms with E-state index in [9.17, 15) is 4.79 Å². The van der Waals surface area contributed by atoms with Crippen LogP contribution in [0.3, 0.4) is 0 Å². The van der Waals surface area contributed by atoms with Crippen LogP contribution in [0, 0.1) is 0 Å². The van der Waals surface area contributed by atoms with Crippen LogP contribution in [0.2, 0.25) is 5.02 Å². The van der Waals surface area contributed by atoms with Gasteiger partial charge in [-0.3, -0.25) is 4.79 Å². The Labute approximate surface area is 172 Å². The molecule has 1 saturated heterocycles. The fourth-order valence-corrected chi connectivity index (χ4v) is 4.43. The number of fused-ring (bicyclic) bond motifs is 1. The fourth-order valence-electron chi connectivity index (χ4n) is 3.26. The van der Waals surface area contributed by atoms with Crippen LogP contribution in [0.25, 0.3) is 10.9 Å². The Morgan fingerprint density at radius 2 is 2.14 bits per heavy atom. The molecule has 2 heterocycles. The first kappa shape index (κ1) is 19.2. The van der Waals surface area contributed by atoms with E-state index in [0.29, 0.717) is 17.3 Å². The number of nitrogens with one attached hydrogen (secondary N) is 2. The largest absolute Gasteiger partial charge is 0.497 e. The molecule has 5 nitrogen and oxygen atoms in total. The lowest BCUT2D eigenvalue weighted by molar-refractivity contribution is 0.0852. The zero-order valence-corrected chi connectivity index (χ0v) is 17.0. The Kier molecular flexibility index (Phi) is 5.80. The van der Waals surface area contributed by atoms with Gasteiger partial charge in [-0.05, 0) is 49.2 Å². The molecule has 1 aliphatic rings. The Morgan fingerprint density at radius 1 is 1.32 bits per heavy atom. The van der Waals surface area contributed by atoms with Crippen molar-refractivity contribution in [1.29, 1.82) is 0 Å². The molecule has 1 aliphatic heterocycles. The number of ether oxygens (including phenoxy) is 2. The zero-order chi connectivity index (χ0) is 19.5. The van der Waals surface area contributed by atoms with Gasteiger partial charge in [-0.1, -0.05) is 23.4 Å². The average molecular weight is 417 g/mol. The molecule has 146 valence electrons. The number of carbonyl (C=O) groups excluding carboxylic acids is 1. The van der Waals surface area contributed by atoms with Gasteiger partial charge in [0.2, 0.25) is 0 Å². The number of aromatic amines is 1. The van der Waals surface area contributed by atoms with E-state index < -0.39 is 0 Å². The molecule has 3 aromatic rings. The van der Waals surface area contributed by atoms with Crippen LogP contribution in [-0.4, -0.2) is 37.3 Å². The molecule has 0 radical (unpaired) electrons. The van der Waals surface area contributed by atoms with Gasteiger partial charge in [0.1, 0.15) is 11.4 Å². The van der Waals surface area contributed by atoms with Crippen LogP contribution in [0.5, 0.6) is 5.75 Å². The van der Waals surface area contributed by atoms with Crippen molar-refractivity contribution in [2.75, 3.05) is 20.3 Å². The fraction of sp³-hybridized carbons (Fsp3) is 0.286. The van der Waals surface area contributed by atoms with Gasteiger partial charge in [0.05, 0.1) is 23.6 Å². The Morgan fingerprint density at radius 3 is 2.86 bits per heavy atom. The zero-order valence-electron chi connectivity index (χ0n) is 15.5. The molecular formula is C21H21ClN2O3S. The van der Waals surface area contributed by atoms with Crippen LogP contribution in [-0.2, 0) is 4.74 Å². The maximum atomic E-state index is 12.9. The van der Waals surface area contributed by atoms with E-state index in [1.807, 2.05) is 42.5 Å². The SMILES string of the molecule is COc1ccc2c(Sc3ccc(Cl)cc3)c(C(=O)NCC3CCCO3)[nH]c2c1. The Bertz CT molecular complexity index is 981. The van der Waals surface area contributed by atoms with E-state index in [1.165, 1.54) is 11.8 Å². The molecule has 1 atom stereocenters. The first-order valence-electron chi connectivity index (χ1n) is 9.17. The highest BCUT2D eigenvalue weighted by molar-refractivity contribution is 7.99. The van der Waals surface area contributed by atoms with Crippen molar-refractivity contribution in [3.63, 3.8) is 0 Å². The van der Waals surface area contributed by atoms with E-state index in [1.54, 1.807) is 7.11 Å². The topological polar surface area (TPSA) is 63.4 Å². The van der Waals surface area contributed by atoms with Crippen molar-refractivity contribution >= 4 is 40.2 Å². The highest BCUT2D eigenvalue weighted by Gasteiger charge is 2.22. The van der Waals surface area contributed by atoms with Gasteiger partial charge in [0, 0.05) is 34.5 Å². The third-order valence-corrected chi connectivity index (χ3v) is 6.12. The molecule has 7 heteroatoms. The maximum Gasteiger partial charge on any atom is 0.269 e. The van der Waals surface area contributed by atoms with E-state index in [0.717, 1.165) is 45.9 Å². The smallest absolute Gasteiger partial charge is 0.269 e. The summed E-state index contributed by atoms with van der Waals surface area (Å²) in [5, 5.41) is 4.66. The van der Waals surface area contributed by atoms with Crippen molar-refractivity contribution in [2.24, 2.45) is 0 Å². The predicted molar refractivity (Wildman–Crippen MR) is 112 cm³/mol. The minimum atomic E-state index is -0.137. The number of benzene rings is 2. The predicted octanol–water partition coefficient (Wildman–Crippen LogP) is 4.89. The van der Waals surface area contributed by atoms with Gasteiger partial charge < -0.3 is 19.8 Å². The number of H-pyrrole nitrogens is 1. The summed E-state index contributed by atoms with van der Waals surface area (Å²) >= 11 is 7.54. The van der Waals surface area contributed by atoms with Crippen molar-refractivity contribution in [3.8, 4) is 5.75 Å². The molecule has 1 amide bonds. The van der Waals surface area contributed by atoms with Crippen molar-refractivity contribution < 1.29 is 14.3 Å². The minimum absolute atomic E-state index is 0.0980. The minimum Gasteiger partial charge on any atom is -0.497 e. The molecule has 1 unspecified atom stereocenters. The highest BCUT2D eigenvalue weighted by atomic mass is 35.5. The summed E-state index contributed by atoms with van der Waals surface area (Å²) in [5.41, 5.74) is 1.40. The van der Waals surface area contributed by atoms with E-state index >= 15 is 0 Å². The lowest BCUT2D eigenvalue weighted by Crippen LogP contribution is -2.32. The third-order valence-electron chi connectivity index (χ3n) is 4.73. The van der Waals surface area contributed by atoms with Gasteiger partial charge in [-0.15, -0.1) is 0 Å². The summed E-state index contributed by atoms with van der Waals surface area (Å²) in [6.07, 6.45) is 2.13. The lowest BCUT2D eigenvalue weighted by atomic mass is 10.2. The molecule has 2 N–H and O–H groups in total. The Hall–Kier alpha value is -2.15. The quantitative estimate of drug-likeness (QED) is 0.600. The number of hydrogen-bond donors (Lipinski definition) is 2. The van der Waals surface area contributed by atoms with Crippen LogP contribution in [0.1, 0.15) is 23.3 Å². The monoisotopic (exact) mass is 416 g/mol. The van der Waals surface area contributed by atoms with Gasteiger partial charge in [0.15, 0.2) is 0 Å². The molecule has 0 spiro atoms. The second-order valence-electron chi connectivity index (χ2n) is 6.64. The number of carbonyl (C=O) groups is 1. The van der Waals surface area contributed by atoms with Gasteiger partial charge in [0.25, 0.3) is 5.91 Å². The molecular weight excluding hydrogens is 396 g/mol. The second kappa shape index (κ2) is 8.47. The van der Waals surface area contributed by atoms with Gasteiger partial charge in [-0.25, -0.2) is 0 Å². The van der Waals surface area contributed by atoms with Crippen molar-refractivity contribution in [3.05, 3.63) is 53.2 Å². The third kappa shape index (κ3) is 4.14. The second-order valence-corrected chi connectivity index (χ2v) is 8.16. The number of aromatic nitrogens is 1. The molecule has 1 fully saturated rings. The molecule has 0 saturated carbocycles. The first-order chi connectivity index (χ1) is 13.6. The number of halogens is 1. The lowest BCUT2D eigenvalue weighted by Gasteiger charge is -2.11. The molecule has 2 aromatic carbocycles. The summed E-state index contributed by atoms with van der Waals surface area (Å²) in [5.74, 6) is 0.602. The molecule has 1 aromatic heterocycles. The number of methoxy groups -OCH3 is 1. The number of hydrogen-bond acceptors (Lipinski definition) is 4. The maximum absolute atomic E-state index is 12.9. The van der Waals surface area contributed by atoms with Crippen LogP contribution < -0.4 is 10.1 Å². The number of rotatable bonds is 6. The molecule has 4 rings (SSSR count). The number of amides is 1. The standard InChI is InChI=1S/C21H21ClN2O3S/c1-26-14-6-9-17-18(11-14)24-19(21(25)23-12-15-3-2-10-27-15)20(17)28-16-7-4-13(22)5-8-16/h4-9,11,15,24H,2-3,10,12H2,1H3,(H,23,25). The van der Waals surface area contributed by atoms with E-state index in [-0.39, 0.29) is 12.0 Å². The summed E-state index contributed by atoms with van der Waals surface area (Å²) in [7, 11) is 1.63. The van der Waals surface area contributed by atoms with Gasteiger partial charge >= 0.3 is 0 Å². The highest BCUT2D eigenvalue weighted by Crippen LogP contribution is 2.38. The first-order valence-corrected chi connectivity index (χ1v) is 10.4. The van der Waals surface area contributed by atoms with E-state index in [2.05, 4.69) is 10.3 Å². The summed E-state index contributed by atoms with van der Waals surface area (Å²) in [6, 6.07) is 13.4. The van der Waals surface area contributed by atoms with E-state index in [4.69, 9.17) is 21.1 Å². The van der Waals surface area contributed by atoms with Crippen molar-refractivity contribution in [2.45, 2.75) is 28.7 Å². The molecule has 0 bridgehead atoms. The summed E-state index contributed by atoms with van der Waals surface area (Å²) in [6.45, 7) is 1.28. The summed E-state index contributed by atoms with van der Waals surface area (Å²) < 4.78 is 10.9. The van der Waals surface area contributed by atoms with Crippen LogP contribution in [0.15, 0.2) is 52.3 Å². The van der Waals surface area contributed by atoms with Crippen molar-refractivity contribution in [1.82, 2.24) is 10.3 Å². The van der Waals surface area contributed by atoms with Crippen LogP contribution in [0.4, 0.5) is 0 Å². The summed E-state index contributed by atoms with van der Waals surface area (Å²) in [4.78, 5) is 18.1. The molecule has 28 heavy (non-hydrogen) atoms. The van der Waals surface area contributed by atoms with Crippen LogP contribution >= 0.6 is 23.4 Å². The average Bonchev–Trinajstić information content (AvgIpc) is 3.35. The Balaban J connectivity index is 1.66.